The van der Waals surface area contributed by atoms with Crippen LogP contribution in [0.2, 0.25) is 0 Å². The van der Waals surface area contributed by atoms with Gasteiger partial charge in [-0.05, 0) is 17.7 Å². The highest BCUT2D eigenvalue weighted by Crippen LogP contribution is 2.14. The van der Waals surface area contributed by atoms with Crippen molar-refractivity contribution in [3.63, 3.8) is 0 Å². The standard InChI is InChI=1S/C11H11NO4/c1-12-8-4-3-7(6-10(13)15-2)5-9(8)16-11(12)14/h3-5H,6H2,1-2H3. The first-order valence-corrected chi connectivity index (χ1v) is 4.77. The maximum Gasteiger partial charge on any atom is 0.419 e. The van der Waals surface area contributed by atoms with Crippen molar-refractivity contribution in [1.29, 1.82) is 0 Å². The topological polar surface area (TPSA) is 61.4 Å². The fourth-order valence-corrected chi connectivity index (χ4v) is 1.53. The number of aromatic nitrogens is 1. The van der Waals surface area contributed by atoms with Gasteiger partial charge in [0, 0.05) is 7.05 Å². The minimum atomic E-state index is -0.412. The number of ether oxygens (including phenoxy) is 1. The van der Waals surface area contributed by atoms with Gasteiger partial charge in [-0.1, -0.05) is 6.07 Å². The van der Waals surface area contributed by atoms with Crippen molar-refractivity contribution in [1.82, 2.24) is 4.57 Å². The molecule has 2 aromatic rings. The van der Waals surface area contributed by atoms with E-state index in [1.54, 1.807) is 25.2 Å². The SMILES string of the molecule is COC(=O)Cc1ccc2c(c1)oc(=O)n2C. The number of hydrogen-bond acceptors (Lipinski definition) is 4. The van der Waals surface area contributed by atoms with E-state index in [0.717, 1.165) is 5.56 Å². The molecule has 1 heterocycles. The second kappa shape index (κ2) is 3.84. The zero-order chi connectivity index (χ0) is 11.7. The minimum Gasteiger partial charge on any atom is -0.469 e. The van der Waals surface area contributed by atoms with Gasteiger partial charge in [0.2, 0.25) is 0 Å². The summed E-state index contributed by atoms with van der Waals surface area (Å²) in [5, 5.41) is 0. The van der Waals surface area contributed by atoms with Gasteiger partial charge in [0.15, 0.2) is 5.58 Å². The average molecular weight is 221 g/mol. The molecule has 5 nitrogen and oxygen atoms in total. The average Bonchev–Trinajstić information content (AvgIpc) is 2.54. The number of aryl methyl sites for hydroxylation is 1. The molecule has 0 amide bonds. The van der Waals surface area contributed by atoms with Crippen LogP contribution < -0.4 is 5.76 Å². The summed E-state index contributed by atoms with van der Waals surface area (Å²) in [7, 11) is 2.97. The van der Waals surface area contributed by atoms with Crippen molar-refractivity contribution >= 4 is 17.1 Å². The quantitative estimate of drug-likeness (QED) is 0.705. The fraction of sp³-hybridized carbons (Fsp3) is 0.273. The molecular formula is C11H11NO4. The van der Waals surface area contributed by atoms with E-state index in [9.17, 15) is 9.59 Å². The number of hydrogen-bond donors (Lipinski definition) is 0. The zero-order valence-corrected chi connectivity index (χ0v) is 9.02. The number of oxazole rings is 1. The van der Waals surface area contributed by atoms with Gasteiger partial charge in [-0.3, -0.25) is 9.36 Å². The Hall–Kier alpha value is -2.04. The smallest absolute Gasteiger partial charge is 0.419 e. The molecule has 0 unspecified atom stereocenters. The Labute approximate surface area is 91.2 Å². The number of nitrogens with zero attached hydrogens (tertiary/aromatic N) is 1. The molecule has 1 aromatic carbocycles. The fourth-order valence-electron chi connectivity index (χ4n) is 1.53. The zero-order valence-electron chi connectivity index (χ0n) is 9.02. The highest BCUT2D eigenvalue weighted by Gasteiger charge is 2.08. The van der Waals surface area contributed by atoms with E-state index in [2.05, 4.69) is 4.74 Å². The van der Waals surface area contributed by atoms with Crippen LogP contribution in [0, 0.1) is 0 Å². The molecule has 0 bridgehead atoms. The number of fused-ring (bicyclic) bond motifs is 1. The molecule has 5 heteroatoms. The Bertz CT molecular complexity index is 594. The summed E-state index contributed by atoms with van der Waals surface area (Å²) in [6, 6.07) is 5.19. The second-order valence-electron chi connectivity index (χ2n) is 3.48. The van der Waals surface area contributed by atoms with Crippen LogP contribution in [0.3, 0.4) is 0 Å². The van der Waals surface area contributed by atoms with Crippen LogP contribution in [0.5, 0.6) is 0 Å². The maximum atomic E-state index is 11.2. The van der Waals surface area contributed by atoms with E-state index in [1.807, 2.05) is 0 Å². The first kappa shape index (κ1) is 10.5. The summed E-state index contributed by atoms with van der Waals surface area (Å²) >= 11 is 0. The van der Waals surface area contributed by atoms with Crippen molar-refractivity contribution in [3.05, 3.63) is 34.3 Å². The Kier molecular flexibility index (Phi) is 2.52. The van der Waals surface area contributed by atoms with Crippen LogP contribution in [0.4, 0.5) is 0 Å². The molecule has 0 atom stereocenters. The summed E-state index contributed by atoms with van der Waals surface area (Å²) in [6.45, 7) is 0. The number of rotatable bonds is 2. The molecule has 1 aromatic heterocycles. The molecule has 0 spiro atoms. The van der Waals surface area contributed by atoms with Gasteiger partial charge < -0.3 is 9.15 Å². The van der Waals surface area contributed by atoms with Crippen LogP contribution >= 0.6 is 0 Å². The summed E-state index contributed by atoms with van der Waals surface area (Å²) in [6.07, 6.45) is 0.172. The lowest BCUT2D eigenvalue weighted by Gasteiger charge is -1.99. The third-order valence-electron chi connectivity index (χ3n) is 2.43. The highest BCUT2D eigenvalue weighted by molar-refractivity contribution is 5.77. The van der Waals surface area contributed by atoms with E-state index in [4.69, 9.17) is 4.42 Å². The van der Waals surface area contributed by atoms with Crippen molar-refractivity contribution in [2.45, 2.75) is 6.42 Å². The van der Waals surface area contributed by atoms with Crippen LogP contribution in [0.25, 0.3) is 11.1 Å². The Morgan fingerprint density at radius 3 is 2.94 bits per heavy atom. The summed E-state index contributed by atoms with van der Waals surface area (Å²) < 4.78 is 11.0. The molecule has 84 valence electrons. The number of esters is 1. The van der Waals surface area contributed by atoms with Gasteiger partial charge in [0.05, 0.1) is 19.0 Å². The van der Waals surface area contributed by atoms with Crippen LogP contribution in [0.1, 0.15) is 5.56 Å². The third kappa shape index (κ3) is 1.71. The monoisotopic (exact) mass is 221 g/mol. The summed E-state index contributed by atoms with van der Waals surface area (Å²) in [5.41, 5.74) is 1.95. The van der Waals surface area contributed by atoms with Crippen LogP contribution in [-0.4, -0.2) is 17.6 Å². The highest BCUT2D eigenvalue weighted by atomic mass is 16.5. The van der Waals surface area contributed by atoms with Gasteiger partial charge in [-0.2, -0.15) is 0 Å². The van der Waals surface area contributed by atoms with E-state index >= 15 is 0 Å². The lowest BCUT2D eigenvalue weighted by Crippen LogP contribution is -2.08. The van der Waals surface area contributed by atoms with E-state index in [1.165, 1.54) is 11.7 Å². The number of carbonyl (C=O) groups is 1. The van der Waals surface area contributed by atoms with Gasteiger partial charge in [-0.25, -0.2) is 4.79 Å². The van der Waals surface area contributed by atoms with Gasteiger partial charge in [0.1, 0.15) is 0 Å². The van der Waals surface area contributed by atoms with Crippen LogP contribution in [0.15, 0.2) is 27.4 Å². The molecule has 0 saturated carbocycles. The predicted molar refractivity (Wildman–Crippen MR) is 57.2 cm³/mol. The van der Waals surface area contributed by atoms with Gasteiger partial charge >= 0.3 is 11.7 Å². The molecule has 0 fully saturated rings. The first-order valence-electron chi connectivity index (χ1n) is 4.77. The largest absolute Gasteiger partial charge is 0.469 e. The summed E-state index contributed by atoms with van der Waals surface area (Å²) in [5.74, 6) is -0.733. The molecule has 0 aliphatic carbocycles. The molecule has 0 N–H and O–H groups in total. The van der Waals surface area contributed by atoms with Crippen molar-refractivity contribution in [2.75, 3.05) is 7.11 Å². The molecule has 0 aliphatic heterocycles. The van der Waals surface area contributed by atoms with Crippen molar-refractivity contribution in [2.24, 2.45) is 7.05 Å². The second-order valence-corrected chi connectivity index (χ2v) is 3.48. The Balaban J connectivity index is 2.45. The molecule has 0 saturated heterocycles. The molecule has 2 rings (SSSR count). The Morgan fingerprint density at radius 1 is 1.50 bits per heavy atom. The normalized spacial score (nSPS) is 10.6. The number of carbonyl (C=O) groups excluding carboxylic acids is 1. The lowest BCUT2D eigenvalue weighted by atomic mass is 10.1. The predicted octanol–water partition coefficient (Wildman–Crippen LogP) is 0.847. The van der Waals surface area contributed by atoms with Crippen molar-refractivity contribution in [3.8, 4) is 0 Å². The molecular weight excluding hydrogens is 210 g/mol. The van der Waals surface area contributed by atoms with E-state index in [0.29, 0.717) is 11.1 Å². The van der Waals surface area contributed by atoms with Gasteiger partial charge in [-0.15, -0.1) is 0 Å². The number of methoxy groups -OCH3 is 1. The maximum absolute atomic E-state index is 11.2. The summed E-state index contributed by atoms with van der Waals surface area (Å²) in [4.78, 5) is 22.3. The third-order valence-corrected chi connectivity index (χ3v) is 2.43. The number of benzene rings is 1. The lowest BCUT2D eigenvalue weighted by molar-refractivity contribution is -0.139. The molecule has 0 radical (unpaired) electrons. The van der Waals surface area contributed by atoms with E-state index in [-0.39, 0.29) is 12.4 Å². The van der Waals surface area contributed by atoms with Crippen molar-refractivity contribution < 1.29 is 13.9 Å². The van der Waals surface area contributed by atoms with Gasteiger partial charge in [0.25, 0.3) is 0 Å². The minimum absolute atomic E-state index is 0.172. The molecule has 0 aliphatic rings. The molecule has 16 heavy (non-hydrogen) atoms. The Morgan fingerprint density at radius 2 is 2.25 bits per heavy atom. The van der Waals surface area contributed by atoms with Crippen LogP contribution in [-0.2, 0) is 23.0 Å². The van der Waals surface area contributed by atoms with E-state index < -0.39 is 5.76 Å². The first-order chi connectivity index (χ1) is 7.61.